The molecule has 0 fully saturated rings. The van der Waals surface area contributed by atoms with Gasteiger partial charge in [0.05, 0.1) is 0 Å². The van der Waals surface area contributed by atoms with Crippen molar-refractivity contribution in [2.45, 2.75) is 11.3 Å². The third-order valence-corrected chi connectivity index (χ3v) is 4.60. The summed E-state index contributed by atoms with van der Waals surface area (Å²) in [5.74, 6) is -0.272. The van der Waals surface area contributed by atoms with Crippen molar-refractivity contribution in [3.63, 3.8) is 0 Å². The first kappa shape index (κ1) is 17.1. The molecule has 0 spiro atoms. The van der Waals surface area contributed by atoms with E-state index in [0.717, 1.165) is 4.52 Å². The Labute approximate surface area is 141 Å². The standard InChI is InChI=1S/C13H13F2N7O2S/c14-12(15)13-20-19-11-4-3-10(21-22(11)13)17-6-7-18-25(23,24)9-2-1-5-16-8-9/h1-5,8,12,18H,6-7H2,(H,17,21). The van der Waals surface area contributed by atoms with Gasteiger partial charge in [0.1, 0.15) is 10.7 Å². The summed E-state index contributed by atoms with van der Waals surface area (Å²) < 4.78 is 52.9. The van der Waals surface area contributed by atoms with E-state index in [4.69, 9.17) is 0 Å². The van der Waals surface area contributed by atoms with Gasteiger partial charge in [0.25, 0.3) is 6.43 Å². The zero-order valence-electron chi connectivity index (χ0n) is 12.7. The minimum Gasteiger partial charge on any atom is -0.367 e. The summed E-state index contributed by atoms with van der Waals surface area (Å²) in [6, 6.07) is 5.96. The average Bonchev–Trinajstić information content (AvgIpc) is 3.03. The van der Waals surface area contributed by atoms with E-state index in [1.807, 2.05) is 0 Å². The van der Waals surface area contributed by atoms with Crippen molar-refractivity contribution in [3.8, 4) is 0 Å². The lowest BCUT2D eigenvalue weighted by Gasteiger charge is -2.08. The predicted molar refractivity (Wildman–Crippen MR) is 83.7 cm³/mol. The molecule has 0 aliphatic heterocycles. The number of pyridine rings is 1. The summed E-state index contributed by atoms with van der Waals surface area (Å²) in [6.45, 7) is 0.269. The van der Waals surface area contributed by atoms with E-state index < -0.39 is 22.3 Å². The lowest BCUT2D eigenvalue weighted by Crippen LogP contribution is -2.29. The van der Waals surface area contributed by atoms with Gasteiger partial charge in [-0.15, -0.1) is 15.3 Å². The molecule has 3 rings (SSSR count). The molecular formula is C13H13F2N7O2S. The molecule has 3 aromatic heterocycles. The third kappa shape index (κ3) is 3.85. The van der Waals surface area contributed by atoms with Crippen molar-refractivity contribution in [2.24, 2.45) is 0 Å². The topological polar surface area (TPSA) is 114 Å². The van der Waals surface area contributed by atoms with Gasteiger partial charge in [-0.25, -0.2) is 21.9 Å². The van der Waals surface area contributed by atoms with Crippen LogP contribution in [0.15, 0.2) is 41.6 Å². The molecule has 0 aliphatic rings. The largest absolute Gasteiger partial charge is 0.367 e. The summed E-state index contributed by atoms with van der Waals surface area (Å²) in [5.41, 5.74) is 0.193. The Morgan fingerprint density at radius 1 is 1.16 bits per heavy atom. The zero-order chi connectivity index (χ0) is 17.9. The highest BCUT2D eigenvalue weighted by atomic mass is 32.2. The molecule has 25 heavy (non-hydrogen) atoms. The van der Waals surface area contributed by atoms with Crippen molar-refractivity contribution in [3.05, 3.63) is 42.5 Å². The molecule has 0 saturated heterocycles. The Bertz CT molecular complexity index is 963. The molecular weight excluding hydrogens is 356 g/mol. The van der Waals surface area contributed by atoms with Crippen molar-refractivity contribution in [1.29, 1.82) is 0 Å². The van der Waals surface area contributed by atoms with E-state index in [2.05, 4.69) is 30.3 Å². The van der Waals surface area contributed by atoms with Crippen LogP contribution in [0.25, 0.3) is 5.65 Å². The number of rotatable bonds is 7. The van der Waals surface area contributed by atoms with E-state index in [-0.39, 0.29) is 29.5 Å². The minimum absolute atomic E-state index is 0.0561. The smallest absolute Gasteiger partial charge is 0.299 e. The number of alkyl halides is 2. The number of anilines is 1. The van der Waals surface area contributed by atoms with Crippen LogP contribution in [0.5, 0.6) is 0 Å². The molecule has 3 heterocycles. The van der Waals surface area contributed by atoms with Crippen LogP contribution in [-0.2, 0) is 10.0 Å². The van der Waals surface area contributed by atoms with Crippen LogP contribution < -0.4 is 10.0 Å². The van der Waals surface area contributed by atoms with Crippen molar-refractivity contribution >= 4 is 21.5 Å². The molecule has 0 atom stereocenters. The van der Waals surface area contributed by atoms with E-state index in [9.17, 15) is 17.2 Å². The Kier molecular flexibility index (Phi) is 4.81. The Morgan fingerprint density at radius 3 is 2.72 bits per heavy atom. The summed E-state index contributed by atoms with van der Waals surface area (Å²) in [5, 5.41) is 13.8. The van der Waals surface area contributed by atoms with Gasteiger partial charge in [-0.2, -0.15) is 4.52 Å². The zero-order valence-corrected chi connectivity index (χ0v) is 13.5. The summed E-state index contributed by atoms with van der Waals surface area (Å²) >= 11 is 0. The van der Waals surface area contributed by atoms with Crippen LogP contribution >= 0.6 is 0 Å². The fourth-order valence-electron chi connectivity index (χ4n) is 2.00. The molecule has 0 amide bonds. The fourth-order valence-corrected chi connectivity index (χ4v) is 3.00. The van der Waals surface area contributed by atoms with Gasteiger partial charge in [-0.1, -0.05) is 0 Å². The van der Waals surface area contributed by atoms with Gasteiger partial charge in [0, 0.05) is 25.5 Å². The van der Waals surface area contributed by atoms with Gasteiger partial charge in [-0.05, 0) is 24.3 Å². The first-order chi connectivity index (χ1) is 12.0. The minimum atomic E-state index is -3.66. The van der Waals surface area contributed by atoms with Crippen LogP contribution in [0.4, 0.5) is 14.6 Å². The third-order valence-electron chi connectivity index (χ3n) is 3.15. The maximum Gasteiger partial charge on any atom is 0.299 e. The quantitative estimate of drug-likeness (QED) is 0.593. The highest BCUT2D eigenvalue weighted by Crippen LogP contribution is 2.17. The number of halogens is 2. The molecule has 0 aromatic carbocycles. The normalized spacial score (nSPS) is 12.0. The summed E-state index contributed by atoms with van der Waals surface area (Å²) in [7, 11) is -3.66. The van der Waals surface area contributed by atoms with Crippen molar-refractivity contribution in [2.75, 3.05) is 18.4 Å². The molecule has 0 bridgehead atoms. The first-order valence-corrected chi connectivity index (χ1v) is 8.60. The molecule has 0 aliphatic carbocycles. The van der Waals surface area contributed by atoms with Crippen LogP contribution in [0, 0.1) is 0 Å². The summed E-state index contributed by atoms with van der Waals surface area (Å²) in [6.07, 6.45) is -0.0893. The van der Waals surface area contributed by atoms with E-state index >= 15 is 0 Å². The van der Waals surface area contributed by atoms with Crippen molar-refractivity contribution < 1.29 is 17.2 Å². The maximum atomic E-state index is 12.8. The number of nitrogens with one attached hydrogen (secondary N) is 2. The molecule has 3 aromatic rings. The number of nitrogens with zero attached hydrogens (tertiary/aromatic N) is 5. The first-order valence-electron chi connectivity index (χ1n) is 7.11. The van der Waals surface area contributed by atoms with Crippen LogP contribution in [0.1, 0.15) is 12.2 Å². The number of sulfonamides is 1. The van der Waals surface area contributed by atoms with E-state index in [1.165, 1.54) is 36.7 Å². The Balaban J connectivity index is 1.61. The second kappa shape index (κ2) is 7.03. The van der Waals surface area contributed by atoms with Crippen molar-refractivity contribution in [1.82, 2.24) is 29.5 Å². The van der Waals surface area contributed by atoms with E-state index in [0.29, 0.717) is 0 Å². The monoisotopic (exact) mass is 369 g/mol. The maximum absolute atomic E-state index is 12.8. The number of hydrogen-bond acceptors (Lipinski definition) is 7. The molecule has 0 saturated carbocycles. The lowest BCUT2D eigenvalue weighted by molar-refractivity contribution is 0.137. The molecule has 0 unspecified atom stereocenters. The van der Waals surface area contributed by atoms with Crippen LogP contribution in [0.2, 0.25) is 0 Å². The molecule has 132 valence electrons. The highest BCUT2D eigenvalue weighted by Gasteiger charge is 2.17. The van der Waals surface area contributed by atoms with Gasteiger partial charge >= 0.3 is 0 Å². The van der Waals surface area contributed by atoms with E-state index in [1.54, 1.807) is 0 Å². The Hall–Kier alpha value is -2.73. The van der Waals surface area contributed by atoms with Gasteiger partial charge < -0.3 is 5.32 Å². The predicted octanol–water partition coefficient (Wildman–Crippen LogP) is 0.847. The van der Waals surface area contributed by atoms with Gasteiger partial charge in [0.15, 0.2) is 5.65 Å². The average molecular weight is 369 g/mol. The Morgan fingerprint density at radius 2 is 2.00 bits per heavy atom. The fraction of sp³-hybridized carbons (Fsp3) is 0.231. The van der Waals surface area contributed by atoms with Gasteiger partial charge in [-0.3, -0.25) is 4.98 Å². The molecule has 2 N–H and O–H groups in total. The highest BCUT2D eigenvalue weighted by molar-refractivity contribution is 7.89. The van der Waals surface area contributed by atoms with Crippen LogP contribution in [-0.4, -0.2) is 46.3 Å². The molecule has 0 radical (unpaired) electrons. The SMILES string of the molecule is O=S(=O)(NCCNc1ccc2nnc(C(F)F)n2n1)c1cccnc1. The molecule has 12 heteroatoms. The number of hydrogen-bond donors (Lipinski definition) is 2. The molecule has 9 nitrogen and oxygen atoms in total. The number of aromatic nitrogens is 5. The van der Waals surface area contributed by atoms with Crippen LogP contribution in [0.3, 0.4) is 0 Å². The number of fused-ring (bicyclic) bond motifs is 1. The van der Waals surface area contributed by atoms with Gasteiger partial charge in [0.2, 0.25) is 15.8 Å². The second-order valence-corrected chi connectivity index (χ2v) is 6.63. The lowest BCUT2D eigenvalue weighted by atomic mass is 10.5. The summed E-state index contributed by atoms with van der Waals surface area (Å²) in [4.78, 5) is 3.81. The second-order valence-electron chi connectivity index (χ2n) is 4.86.